The first-order valence-corrected chi connectivity index (χ1v) is 8.59. The van der Waals surface area contributed by atoms with E-state index in [1.54, 1.807) is 24.3 Å². The summed E-state index contributed by atoms with van der Waals surface area (Å²) in [4.78, 5) is 9.19. The van der Waals surface area contributed by atoms with E-state index in [2.05, 4.69) is 15.3 Å². The summed E-state index contributed by atoms with van der Waals surface area (Å²) in [6.45, 7) is 0. The van der Waals surface area contributed by atoms with Crippen LogP contribution in [0.1, 0.15) is 0 Å². The first-order chi connectivity index (χ1) is 12.1. The number of benzene rings is 2. The van der Waals surface area contributed by atoms with Crippen molar-refractivity contribution in [2.75, 3.05) is 5.32 Å². The van der Waals surface area contributed by atoms with Gasteiger partial charge in [-0.1, -0.05) is 18.2 Å². The van der Waals surface area contributed by atoms with Gasteiger partial charge in [0.05, 0.1) is 5.39 Å². The lowest BCUT2D eigenvalue weighted by Gasteiger charge is -2.09. The third-order valence-corrected chi connectivity index (χ3v) is 4.69. The van der Waals surface area contributed by atoms with E-state index < -0.39 is 0 Å². The molecular weight excluding hydrogens is 364 g/mol. The largest absolute Gasteiger partial charge is 0.339 e. The number of nitrogens with zero attached hydrogens (tertiary/aromatic N) is 2. The zero-order chi connectivity index (χ0) is 17.4. The highest BCUT2D eigenvalue weighted by molar-refractivity contribution is 7.17. The summed E-state index contributed by atoms with van der Waals surface area (Å²) in [6.07, 6.45) is 0. The van der Waals surface area contributed by atoms with Gasteiger partial charge < -0.3 is 5.32 Å². The number of fused-ring (bicyclic) bond motifs is 1. The van der Waals surface area contributed by atoms with Gasteiger partial charge in [-0.2, -0.15) is 4.98 Å². The highest BCUT2D eigenvalue weighted by atomic mass is 35.5. The Labute approximate surface area is 150 Å². The summed E-state index contributed by atoms with van der Waals surface area (Å²) >= 11 is 7.43. The molecule has 2 aromatic carbocycles. The van der Waals surface area contributed by atoms with Crippen LogP contribution in [0.5, 0.6) is 0 Å². The Hall–Kier alpha value is -2.57. The van der Waals surface area contributed by atoms with E-state index in [1.165, 1.54) is 35.6 Å². The molecule has 2 heterocycles. The molecular formula is C18H10ClF2N3S. The standard InChI is InChI=1S/C18H10ClF2N3S/c19-18-23-16(22-13-3-1-2-12(21)8-13)15-14(9-25-17(15)24-18)10-4-6-11(20)7-5-10/h1-9H,(H,22,23,24). The smallest absolute Gasteiger partial charge is 0.225 e. The highest BCUT2D eigenvalue weighted by Crippen LogP contribution is 2.38. The summed E-state index contributed by atoms with van der Waals surface area (Å²) in [5, 5.41) is 5.86. The first-order valence-electron chi connectivity index (χ1n) is 7.33. The lowest BCUT2D eigenvalue weighted by atomic mass is 10.1. The minimum atomic E-state index is -0.356. The monoisotopic (exact) mass is 373 g/mol. The molecule has 0 amide bonds. The summed E-state index contributed by atoms with van der Waals surface area (Å²) in [7, 11) is 0. The number of thiophene rings is 1. The number of anilines is 2. The molecule has 0 aliphatic rings. The third kappa shape index (κ3) is 3.18. The maximum absolute atomic E-state index is 13.5. The second kappa shape index (κ2) is 6.38. The fraction of sp³-hybridized carbons (Fsp3) is 0. The third-order valence-electron chi connectivity index (χ3n) is 3.65. The van der Waals surface area contributed by atoms with Gasteiger partial charge >= 0.3 is 0 Å². The fourth-order valence-electron chi connectivity index (χ4n) is 2.55. The summed E-state index contributed by atoms with van der Waals surface area (Å²) < 4.78 is 26.7. The molecule has 0 bridgehead atoms. The Kier molecular flexibility index (Phi) is 4.07. The van der Waals surface area contributed by atoms with Crippen molar-refractivity contribution in [3.05, 3.63) is 70.8 Å². The number of aromatic nitrogens is 2. The van der Waals surface area contributed by atoms with Crippen LogP contribution >= 0.6 is 22.9 Å². The summed E-state index contributed by atoms with van der Waals surface area (Å²) in [6, 6.07) is 12.2. The molecule has 0 fully saturated rings. The van der Waals surface area contributed by atoms with Crippen molar-refractivity contribution in [3.63, 3.8) is 0 Å². The molecule has 0 radical (unpaired) electrons. The predicted octanol–water partition coefficient (Wildman–Crippen LogP) is 6.03. The molecule has 0 spiro atoms. The van der Waals surface area contributed by atoms with E-state index in [-0.39, 0.29) is 16.9 Å². The quantitative estimate of drug-likeness (QED) is 0.445. The SMILES string of the molecule is Fc1ccc(-c2csc3nc(Cl)nc(Nc4cccc(F)c4)c23)cc1. The van der Waals surface area contributed by atoms with Gasteiger partial charge in [-0.25, -0.2) is 13.8 Å². The van der Waals surface area contributed by atoms with Crippen LogP contribution in [0.2, 0.25) is 5.28 Å². The van der Waals surface area contributed by atoms with Crippen LogP contribution in [0.3, 0.4) is 0 Å². The van der Waals surface area contributed by atoms with Gasteiger partial charge in [0.1, 0.15) is 22.3 Å². The van der Waals surface area contributed by atoms with Crippen molar-refractivity contribution >= 4 is 44.7 Å². The summed E-state index contributed by atoms with van der Waals surface area (Å²) in [5.74, 6) is -0.188. The highest BCUT2D eigenvalue weighted by Gasteiger charge is 2.15. The minimum Gasteiger partial charge on any atom is -0.339 e. The minimum absolute atomic E-state index is 0.0962. The number of halogens is 3. The Morgan fingerprint density at radius 3 is 2.52 bits per heavy atom. The number of hydrogen-bond donors (Lipinski definition) is 1. The molecule has 2 aromatic heterocycles. The zero-order valence-electron chi connectivity index (χ0n) is 12.6. The normalized spacial score (nSPS) is 11.0. The van der Waals surface area contributed by atoms with Crippen LogP contribution < -0.4 is 5.32 Å². The van der Waals surface area contributed by atoms with E-state index in [1.807, 2.05) is 5.38 Å². The summed E-state index contributed by atoms with van der Waals surface area (Å²) in [5.41, 5.74) is 2.24. The van der Waals surface area contributed by atoms with E-state index in [9.17, 15) is 8.78 Å². The van der Waals surface area contributed by atoms with Crippen molar-refractivity contribution in [3.8, 4) is 11.1 Å². The van der Waals surface area contributed by atoms with E-state index >= 15 is 0 Å². The van der Waals surface area contributed by atoms with Crippen LogP contribution in [0.4, 0.5) is 20.3 Å². The van der Waals surface area contributed by atoms with Gasteiger partial charge in [-0.3, -0.25) is 0 Å². The molecule has 7 heteroatoms. The van der Waals surface area contributed by atoms with Gasteiger partial charge in [0.25, 0.3) is 0 Å². The van der Waals surface area contributed by atoms with Crippen molar-refractivity contribution < 1.29 is 8.78 Å². The Balaban J connectivity index is 1.88. The molecule has 4 aromatic rings. The van der Waals surface area contributed by atoms with E-state index in [0.29, 0.717) is 16.3 Å². The molecule has 1 N–H and O–H groups in total. The van der Waals surface area contributed by atoms with E-state index in [4.69, 9.17) is 11.6 Å². The van der Waals surface area contributed by atoms with Crippen molar-refractivity contribution in [2.45, 2.75) is 0 Å². The Bertz CT molecular complexity index is 1060. The lowest BCUT2D eigenvalue weighted by Crippen LogP contribution is -1.97. The van der Waals surface area contributed by atoms with E-state index in [0.717, 1.165) is 16.5 Å². The van der Waals surface area contributed by atoms with Crippen LogP contribution in [0, 0.1) is 11.6 Å². The zero-order valence-corrected chi connectivity index (χ0v) is 14.2. The predicted molar refractivity (Wildman–Crippen MR) is 97.5 cm³/mol. The van der Waals surface area contributed by atoms with Crippen LogP contribution in [-0.2, 0) is 0 Å². The first kappa shape index (κ1) is 15.9. The molecule has 0 aliphatic heterocycles. The maximum atomic E-state index is 13.5. The fourth-order valence-corrected chi connectivity index (χ4v) is 3.72. The van der Waals surface area contributed by atoms with Gasteiger partial charge in [-0.15, -0.1) is 11.3 Å². The number of hydrogen-bond acceptors (Lipinski definition) is 4. The number of nitrogens with one attached hydrogen (secondary N) is 1. The van der Waals surface area contributed by atoms with Crippen molar-refractivity contribution in [2.24, 2.45) is 0 Å². The average molecular weight is 374 g/mol. The van der Waals surface area contributed by atoms with Gasteiger partial charge in [0.2, 0.25) is 5.28 Å². The molecule has 0 unspecified atom stereocenters. The average Bonchev–Trinajstić information content (AvgIpc) is 2.99. The van der Waals surface area contributed by atoms with Gasteiger partial charge in [0.15, 0.2) is 0 Å². The Morgan fingerprint density at radius 1 is 0.960 bits per heavy atom. The molecule has 0 saturated heterocycles. The Morgan fingerprint density at radius 2 is 1.76 bits per heavy atom. The molecule has 0 atom stereocenters. The van der Waals surface area contributed by atoms with Crippen LogP contribution in [-0.4, -0.2) is 9.97 Å². The van der Waals surface area contributed by atoms with Gasteiger partial charge in [-0.05, 0) is 47.5 Å². The number of rotatable bonds is 3. The van der Waals surface area contributed by atoms with Crippen LogP contribution in [0.25, 0.3) is 21.3 Å². The van der Waals surface area contributed by atoms with Crippen LogP contribution in [0.15, 0.2) is 53.9 Å². The molecule has 4 rings (SSSR count). The van der Waals surface area contributed by atoms with Gasteiger partial charge in [0, 0.05) is 16.6 Å². The molecule has 3 nitrogen and oxygen atoms in total. The lowest BCUT2D eigenvalue weighted by molar-refractivity contribution is 0.628. The molecule has 25 heavy (non-hydrogen) atoms. The molecule has 0 aliphatic carbocycles. The maximum Gasteiger partial charge on any atom is 0.225 e. The second-order valence-corrected chi connectivity index (χ2v) is 6.51. The second-order valence-electron chi connectivity index (χ2n) is 5.31. The molecule has 0 saturated carbocycles. The topological polar surface area (TPSA) is 37.8 Å². The van der Waals surface area contributed by atoms with Crippen molar-refractivity contribution in [1.82, 2.24) is 9.97 Å². The van der Waals surface area contributed by atoms with Crippen molar-refractivity contribution in [1.29, 1.82) is 0 Å². The molecule has 124 valence electrons.